The van der Waals surface area contributed by atoms with Gasteiger partial charge in [-0.05, 0) is 31.2 Å². The third kappa shape index (κ3) is 2.61. The zero-order chi connectivity index (χ0) is 14.7. The molecule has 1 aromatic heterocycles. The molecule has 0 atom stereocenters. The predicted octanol–water partition coefficient (Wildman–Crippen LogP) is 0.730. The van der Waals surface area contributed by atoms with E-state index in [-0.39, 0.29) is 12.3 Å². The molecule has 0 saturated heterocycles. The van der Waals surface area contributed by atoms with Crippen LogP contribution in [0.1, 0.15) is 27.8 Å². The Hall–Kier alpha value is -2.83. The van der Waals surface area contributed by atoms with E-state index in [1.165, 1.54) is 10.7 Å². The lowest BCUT2D eigenvalue weighted by atomic mass is 10.2. The minimum absolute atomic E-state index is 0.117. The van der Waals surface area contributed by atoms with E-state index in [0.717, 1.165) is 0 Å². The molecule has 2 aromatic rings. The zero-order valence-corrected chi connectivity index (χ0v) is 10.9. The molecule has 0 saturated carbocycles. The van der Waals surface area contributed by atoms with Gasteiger partial charge in [0.1, 0.15) is 5.69 Å². The van der Waals surface area contributed by atoms with Gasteiger partial charge in [0, 0.05) is 6.20 Å². The molecule has 0 aliphatic rings. The summed E-state index contributed by atoms with van der Waals surface area (Å²) in [7, 11) is 0. The Bertz CT molecular complexity index is 663. The number of ether oxygens (including phenoxy) is 1. The van der Waals surface area contributed by atoms with Crippen LogP contribution in [-0.4, -0.2) is 28.3 Å². The van der Waals surface area contributed by atoms with Gasteiger partial charge in [0.05, 0.1) is 23.5 Å². The SMILES string of the molecule is CCOC(=O)c1ccc(N)c(-n2ccc(C(N)=O)n2)c1. The van der Waals surface area contributed by atoms with E-state index in [2.05, 4.69) is 5.10 Å². The average molecular weight is 274 g/mol. The van der Waals surface area contributed by atoms with Crippen LogP contribution in [0.15, 0.2) is 30.5 Å². The van der Waals surface area contributed by atoms with Crippen molar-refractivity contribution in [2.45, 2.75) is 6.92 Å². The van der Waals surface area contributed by atoms with Crippen LogP contribution < -0.4 is 11.5 Å². The Morgan fingerprint density at radius 3 is 2.70 bits per heavy atom. The van der Waals surface area contributed by atoms with Crippen LogP contribution in [-0.2, 0) is 4.74 Å². The van der Waals surface area contributed by atoms with Gasteiger partial charge in [-0.15, -0.1) is 0 Å². The number of carbonyl (C=O) groups excluding carboxylic acids is 2. The summed E-state index contributed by atoms with van der Waals surface area (Å²) < 4.78 is 6.31. The predicted molar refractivity (Wildman–Crippen MR) is 72.5 cm³/mol. The molecule has 7 nitrogen and oxygen atoms in total. The first-order valence-corrected chi connectivity index (χ1v) is 5.95. The van der Waals surface area contributed by atoms with Gasteiger partial charge in [-0.3, -0.25) is 4.79 Å². The first kappa shape index (κ1) is 13.6. The Morgan fingerprint density at radius 2 is 2.10 bits per heavy atom. The van der Waals surface area contributed by atoms with E-state index in [9.17, 15) is 9.59 Å². The van der Waals surface area contributed by atoms with Crippen molar-refractivity contribution >= 4 is 17.6 Å². The summed E-state index contributed by atoms with van der Waals surface area (Å²) in [4.78, 5) is 22.7. The molecule has 1 aromatic carbocycles. The lowest BCUT2D eigenvalue weighted by Gasteiger charge is -2.08. The molecule has 1 amide bonds. The third-order valence-corrected chi connectivity index (χ3v) is 2.63. The smallest absolute Gasteiger partial charge is 0.338 e. The molecule has 0 unspecified atom stereocenters. The highest BCUT2D eigenvalue weighted by Crippen LogP contribution is 2.19. The Labute approximate surface area is 115 Å². The van der Waals surface area contributed by atoms with Crippen LogP contribution >= 0.6 is 0 Å². The van der Waals surface area contributed by atoms with Crippen molar-refractivity contribution in [2.75, 3.05) is 12.3 Å². The molecule has 0 aliphatic heterocycles. The molecule has 104 valence electrons. The Morgan fingerprint density at radius 1 is 1.35 bits per heavy atom. The molecule has 0 aliphatic carbocycles. The second-order valence-electron chi connectivity index (χ2n) is 4.00. The normalized spacial score (nSPS) is 10.2. The van der Waals surface area contributed by atoms with Gasteiger partial charge in [-0.2, -0.15) is 5.10 Å². The van der Waals surface area contributed by atoms with Crippen molar-refractivity contribution < 1.29 is 14.3 Å². The monoisotopic (exact) mass is 274 g/mol. The van der Waals surface area contributed by atoms with E-state index in [1.54, 1.807) is 31.3 Å². The van der Waals surface area contributed by atoms with E-state index in [0.29, 0.717) is 16.9 Å². The molecule has 0 radical (unpaired) electrons. The van der Waals surface area contributed by atoms with Gasteiger partial charge in [0.25, 0.3) is 5.91 Å². The second-order valence-corrected chi connectivity index (χ2v) is 4.00. The first-order valence-electron chi connectivity index (χ1n) is 5.95. The number of benzene rings is 1. The van der Waals surface area contributed by atoms with Gasteiger partial charge in [-0.1, -0.05) is 0 Å². The van der Waals surface area contributed by atoms with Gasteiger partial charge in [0.2, 0.25) is 0 Å². The highest BCUT2D eigenvalue weighted by molar-refractivity contribution is 5.92. The zero-order valence-electron chi connectivity index (χ0n) is 10.9. The van der Waals surface area contributed by atoms with Gasteiger partial charge in [0.15, 0.2) is 0 Å². The maximum absolute atomic E-state index is 11.7. The summed E-state index contributed by atoms with van der Waals surface area (Å²) in [5, 5.41) is 4.00. The molecule has 0 fully saturated rings. The fourth-order valence-corrected chi connectivity index (χ4v) is 1.67. The molecule has 2 rings (SSSR count). The first-order chi connectivity index (χ1) is 9.52. The van der Waals surface area contributed by atoms with Crippen molar-refractivity contribution in [1.82, 2.24) is 9.78 Å². The standard InChI is InChI=1S/C13H14N4O3/c1-2-20-13(19)8-3-4-9(14)11(7-8)17-6-5-10(16-17)12(15)18/h3-7H,2,14H2,1H3,(H2,15,18). The van der Waals surface area contributed by atoms with Gasteiger partial charge >= 0.3 is 5.97 Å². The van der Waals surface area contributed by atoms with E-state index in [1.807, 2.05) is 0 Å². The highest BCUT2D eigenvalue weighted by atomic mass is 16.5. The van der Waals surface area contributed by atoms with E-state index < -0.39 is 11.9 Å². The summed E-state index contributed by atoms with van der Waals surface area (Å²) in [6.45, 7) is 2.01. The number of carbonyl (C=O) groups is 2. The van der Waals surface area contributed by atoms with Crippen LogP contribution in [0.3, 0.4) is 0 Å². The summed E-state index contributed by atoms with van der Waals surface area (Å²) in [6.07, 6.45) is 1.54. The van der Waals surface area contributed by atoms with E-state index >= 15 is 0 Å². The number of aromatic nitrogens is 2. The third-order valence-electron chi connectivity index (χ3n) is 2.63. The lowest BCUT2D eigenvalue weighted by Crippen LogP contribution is -2.13. The highest BCUT2D eigenvalue weighted by Gasteiger charge is 2.12. The summed E-state index contributed by atoms with van der Waals surface area (Å²) >= 11 is 0. The topological polar surface area (TPSA) is 113 Å². The van der Waals surface area contributed by atoms with Crippen molar-refractivity contribution in [3.8, 4) is 5.69 Å². The molecule has 4 N–H and O–H groups in total. The number of amides is 1. The summed E-state index contributed by atoms with van der Waals surface area (Å²) in [5.74, 6) is -1.08. The maximum Gasteiger partial charge on any atom is 0.338 e. The van der Waals surface area contributed by atoms with Gasteiger partial charge < -0.3 is 16.2 Å². The van der Waals surface area contributed by atoms with Crippen molar-refractivity contribution in [2.24, 2.45) is 5.73 Å². The summed E-state index contributed by atoms with van der Waals surface area (Å²) in [6, 6.07) is 6.16. The molecular formula is C13H14N4O3. The van der Waals surface area contributed by atoms with Crippen LogP contribution in [0, 0.1) is 0 Å². The largest absolute Gasteiger partial charge is 0.462 e. The Kier molecular flexibility index (Phi) is 3.69. The lowest BCUT2D eigenvalue weighted by molar-refractivity contribution is 0.0526. The number of hydrogen-bond acceptors (Lipinski definition) is 5. The number of anilines is 1. The molecule has 7 heteroatoms. The van der Waals surface area contributed by atoms with E-state index in [4.69, 9.17) is 16.2 Å². The molecular weight excluding hydrogens is 260 g/mol. The van der Waals surface area contributed by atoms with Crippen molar-refractivity contribution in [1.29, 1.82) is 0 Å². The second kappa shape index (κ2) is 5.43. The number of hydrogen-bond donors (Lipinski definition) is 2. The minimum Gasteiger partial charge on any atom is -0.462 e. The fourth-order valence-electron chi connectivity index (χ4n) is 1.67. The van der Waals surface area contributed by atoms with Crippen molar-refractivity contribution in [3.05, 3.63) is 41.7 Å². The Balaban J connectivity index is 2.41. The summed E-state index contributed by atoms with van der Waals surface area (Å²) in [5.41, 5.74) is 12.4. The number of primary amides is 1. The number of nitrogens with zero attached hydrogens (tertiary/aromatic N) is 2. The minimum atomic E-state index is -0.635. The van der Waals surface area contributed by atoms with Crippen LogP contribution in [0.4, 0.5) is 5.69 Å². The molecule has 0 spiro atoms. The molecule has 20 heavy (non-hydrogen) atoms. The molecule has 0 bridgehead atoms. The van der Waals surface area contributed by atoms with Crippen LogP contribution in [0.25, 0.3) is 5.69 Å². The van der Waals surface area contributed by atoms with Crippen LogP contribution in [0.2, 0.25) is 0 Å². The fraction of sp³-hybridized carbons (Fsp3) is 0.154. The molecule has 1 heterocycles. The van der Waals surface area contributed by atoms with Crippen molar-refractivity contribution in [3.63, 3.8) is 0 Å². The number of nitrogens with two attached hydrogens (primary N) is 2. The number of esters is 1. The van der Waals surface area contributed by atoms with Crippen LogP contribution in [0.5, 0.6) is 0 Å². The van der Waals surface area contributed by atoms with Gasteiger partial charge in [-0.25, -0.2) is 9.48 Å². The number of nitrogen functional groups attached to an aromatic ring is 1. The number of rotatable bonds is 4. The maximum atomic E-state index is 11.7. The average Bonchev–Trinajstić information content (AvgIpc) is 2.89. The quantitative estimate of drug-likeness (QED) is 0.630.